The SMILES string of the molecule is O=C(C[C@]1(O)C(=O)N(CN2CCCCC2)c2ccccc21)c1ccc(Cl)cc1. The second-order valence-electron chi connectivity index (χ2n) is 7.54. The summed E-state index contributed by atoms with van der Waals surface area (Å²) in [6.45, 7) is 2.31. The first-order valence-corrected chi connectivity index (χ1v) is 10.0. The van der Waals surface area contributed by atoms with Crippen molar-refractivity contribution in [2.45, 2.75) is 31.3 Å². The molecular formula is C22H23ClN2O3. The Kier molecular flexibility index (Phi) is 5.23. The molecule has 0 spiro atoms. The Morgan fingerprint density at radius 3 is 2.43 bits per heavy atom. The number of carbonyl (C=O) groups excluding carboxylic acids is 2. The van der Waals surface area contributed by atoms with Gasteiger partial charge in [0.25, 0.3) is 5.91 Å². The summed E-state index contributed by atoms with van der Waals surface area (Å²) in [7, 11) is 0. The smallest absolute Gasteiger partial charge is 0.265 e. The number of carbonyl (C=O) groups is 2. The van der Waals surface area contributed by atoms with Crippen LogP contribution >= 0.6 is 11.6 Å². The number of nitrogens with zero attached hydrogens (tertiary/aromatic N) is 2. The first-order chi connectivity index (χ1) is 13.5. The molecule has 5 nitrogen and oxygen atoms in total. The van der Waals surface area contributed by atoms with Gasteiger partial charge in [0.15, 0.2) is 11.4 Å². The van der Waals surface area contributed by atoms with Gasteiger partial charge in [0.2, 0.25) is 0 Å². The van der Waals surface area contributed by atoms with E-state index in [0.717, 1.165) is 25.9 Å². The highest BCUT2D eigenvalue weighted by molar-refractivity contribution is 6.30. The number of anilines is 1. The topological polar surface area (TPSA) is 60.9 Å². The number of ketones is 1. The maximum Gasteiger partial charge on any atom is 0.265 e. The molecule has 2 heterocycles. The molecule has 1 atom stereocenters. The Balaban J connectivity index is 1.61. The molecule has 146 valence electrons. The zero-order valence-corrected chi connectivity index (χ0v) is 16.4. The van der Waals surface area contributed by atoms with Crippen LogP contribution in [0.1, 0.15) is 41.6 Å². The minimum absolute atomic E-state index is 0.290. The lowest BCUT2D eigenvalue weighted by atomic mass is 9.88. The van der Waals surface area contributed by atoms with Crippen LogP contribution in [0.2, 0.25) is 5.02 Å². The van der Waals surface area contributed by atoms with Gasteiger partial charge >= 0.3 is 0 Å². The van der Waals surface area contributed by atoms with Gasteiger partial charge in [-0.25, -0.2) is 0 Å². The van der Waals surface area contributed by atoms with Gasteiger partial charge in [0.1, 0.15) is 0 Å². The number of hydrogen-bond donors (Lipinski definition) is 1. The molecule has 1 N–H and O–H groups in total. The quantitative estimate of drug-likeness (QED) is 0.782. The molecule has 0 unspecified atom stereocenters. The van der Waals surface area contributed by atoms with Crippen LogP contribution in [0.3, 0.4) is 0 Å². The molecule has 2 aromatic rings. The number of para-hydroxylation sites is 1. The maximum absolute atomic E-state index is 13.3. The predicted molar refractivity (Wildman–Crippen MR) is 109 cm³/mol. The molecule has 1 saturated heterocycles. The van der Waals surface area contributed by atoms with E-state index in [1.165, 1.54) is 6.42 Å². The van der Waals surface area contributed by atoms with Crippen molar-refractivity contribution in [3.63, 3.8) is 0 Å². The molecule has 2 aromatic carbocycles. The van der Waals surface area contributed by atoms with Crippen LogP contribution in [-0.4, -0.2) is 41.5 Å². The number of piperidine rings is 1. The van der Waals surface area contributed by atoms with E-state index in [1.807, 2.05) is 12.1 Å². The Bertz CT molecular complexity index is 893. The molecule has 0 saturated carbocycles. The molecule has 0 aliphatic carbocycles. The second-order valence-corrected chi connectivity index (χ2v) is 7.97. The normalized spacial score (nSPS) is 22.4. The molecule has 2 aliphatic rings. The highest BCUT2D eigenvalue weighted by atomic mass is 35.5. The third-order valence-electron chi connectivity index (χ3n) is 5.61. The molecular weight excluding hydrogens is 376 g/mol. The minimum atomic E-state index is -1.84. The second kappa shape index (κ2) is 7.66. The van der Waals surface area contributed by atoms with Crippen LogP contribution in [0.5, 0.6) is 0 Å². The van der Waals surface area contributed by atoms with Crippen LogP contribution < -0.4 is 4.90 Å². The highest BCUT2D eigenvalue weighted by Crippen LogP contribution is 2.43. The van der Waals surface area contributed by atoms with Crippen molar-refractivity contribution in [3.05, 3.63) is 64.7 Å². The van der Waals surface area contributed by atoms with E-state index < -0.39 is 11.5 Å². The fourth-order valence-corrected chi connectivity index (χ4v) is 4.21. The van der Waals surface area contributed by atoms with E-state index in [4.69, 9.17) is 11.6 Å². The summed E-state index contributed by atoms with van der Waals surface area (Å²) in [5.74, 6) is -0.719. The Labute approximate surface area is 169 Å². The summed E-state index contributed by atoms with van der Waals surface area (Å²) in [4.78, 5) is 29.9. The first kappa shape index (κ1) is 19.1. The Hall–Kier alpha value is -2.21. The van der Waals surface area contributed by atoms with Crippen LogP contribution in [0, 0.1) is 0 Å². The van der Waals surface area contributed by atoms with Crippen LogP contribution in [0.25, 0.3) is 0 Å². The van der Waals surface area contributed by atoms with Crippen molar-refractivity contribution in [2.75, 3.05) is 24.7 Å². The van der Waals surface area contributed by atoms with Crippen molar-refractivity contribution in [1.82, 2.24) is 4.90 Å². The van der Waals surface area contributed by atoms with E-state index >= 15 is 0 Å². The molecule has 0 radical (unpaired) electrons. The van der Waals surface area contributed by atoms with Gasteiger partial charge in [0.05, 0.1) is 18.8 Å². The first-order valence-electron chi connectivity index (χ1n) is 9.64. The van der Waals surface area contributed by atoms with Gasteiger partial charge in [-0.05, 0) is 56.3 Å². The minimum Gasteiger partial charge on any atom is -0.375 e. The zero-order valence-electron chi connectivity index (χ0n) is 15.6. The number of amides is 1. The number of benzene rings is 2. The number of Topliss-reactive ketones (excluding diaryl/α,β-unsaturated/α-hetero) is 1. The Morgan fingerprint density at radius 2 is 1.71 bits per heavy atom. The van der Waals surface area contributed by atoms with E-state index in [0.29, 0.717) is 28.5 Å². The zero-order chi connectivity index (χ0) is 19.7. The predicted octanol–water partition coefficient (Wildman–Crippen LogP) is 3.59. The summed E-state index contributed by atoms with van der Waals surface area (Å²) in [6.07, 6.45) is 3.15. The largest absolute Gasteiger partial charge is 0.375 e. The van der Waals surface area contributed by atoms with Crippen molar-refractivity contribution in [1.29, 1.82) is 0 Å². The van der Waals surface area contributed by atoms with E-state index in [9.17, 15) is 14.7 Å². The summed E-state index contributed by atoms with van der Waals surface area (Å²) in [6, 6.07) is 13.7. The lowest BCUT2D eigenvalue weighted by Crippen LogP contribution is -2.47. The summed E-state index contributed by atoms with van der Waals surface area (Å²) < 4.78 is 0. The number of hydrogen-bond acceptors (Lipinski definition) is 4. The fraction of sp³-hybridized carbons (Fsp3) is 0.364. The third-order valence-corrected chi connectivity index (χ3v) is 5.86. The van der Waals surface area contributed by atoms with Crippen LogP contribution in [-0.2, 0) is 10.4 Å². The van der Waals surface area contributed by atoms with Crippen molar-refractivity contribution < 1.29 is 14.7 Å². The third kappa shape index (κ3) is 3.46. The number of aliphatic hydroxyl groups is 1. The van der Waals surface area contributed by atoms with E-state index in [-0.39, 0.29) is 12.2 Å². The molecule has 6 heteroatoms. The van der Waals surface area contributed by atoms with E-state index in [2.05, 4.69) is 4.90 Å². The lowest BCUT2D eigenvalue weighted by Gasteiger charge is -2.31. The number of likely N-dealkylation sites (tertiary alicyclic amines) is 1. The number of fused-ring (bicyclic) bond motifs is 1. The molecule has 4 rings (SSSR count). The van der Waals surface area contributed by atoms with Gasteiger partial charge < -0.3 is 5.11 Å². The number of halogens is 1. The van der Waals surface area contributed by atoms with Gasteiger partial charge in [0, 0.05) is 16.1 Å². The monoisotopic (exact) mass is 398 g/mol. The van der Waals surface area contributed by atoms with Gasteiger partial charge in [-0.1, -0.05) is 36.2 Å². The van der Waals surface area contributed by atoms with Crippen molar-refractivity contribution in [2.24, 2.45) is 0 Å². The summed E-state index contributed by atoms with van der Waals surface area (Å²) in [5, 5.41) is 11.9. The summed E-state index contributed by atoms with van der Waals surface area (Å²) >= 11 is 5.89. The summed E-state index contributed by atoms with van der Waals surface area (Å²) in [5.41, 5.74) is -0.232. The van der Waals surface area contributed by atoms with E-state index in [1.54, 1.807) is 41.3 Å². The van der Waals surface area contributed by atoms with Crippen LogP contribution in [0.15, 0.2) is 48.5 Å². The lowest BCUT2D eigenvalue weighted by molar-refractivity contribution is -0.136. The van der Waals surface area contributed by atoms with Gasteiger partial charge in [-0.15, -0.1) is 0 Å². The molecule has 0 aromatic heterocycles. The maximum atomic E-state index is 13.3. The molecule has 1 amide bonds. The molecule has 0 bridgehead atoms. The number of rotatable bonds is 5. The average molecular weight is 399 g/mol. The molecule has 28 heavy (non-hydrogen) atoms. The fourth-order valence-electron chi connectivity index (χ4n) is 4.09. The van der Waals surface area contributed by atoms with Crippen molar-refractivity contribution >= 4 is 29.0 Å². The standard InChI is InChI=1S/C22H23ClN2O3/c23-17-10-8-16(9-11-17)20(26)14-22(28)18-6-2-3-7-19(18)25(21(22)27)15-24-12-4-1-5-13-24/h2-3,6-11,28H,1,4-5,12-15H2/t22-/m1/s1. The van der Waals surface area contributed by atoms with Gasteiger partial charge in [-0.2, -0.15) is 0 Å². The molecule has 1 fully saturated rings. The Morgan fingerprint density at radius 1 is 1.04 bits per heavy atom. The van der Waals surface area contributed by atoms with Gasteiger partial charge in [-0.3, -0.25) is 19.4 Å². The van der Waals surface area contributed by atoms with Crippen molar-refractivity contribution in [3.8, 4) is 0 Å². The average Bonchev–Trinajstić information content (AvgIpc) is 2.91. The molecule has 2 aliphatic heterocycles. The highest BCUT2D eigenvalue weighted by Gasteiger charge is 2.51. The van der Waals surface area contributed by atoms with Crippen LogP contribution in [0.4, 0.5) is 5.69 Å².